The molecule has 59 valence electrons. The fourth-order valence-electron chi connectivity index (χ4n) is 1.49. The van der Waals surface area contributed by atoms with Gasteiger partial charge in [0.2, 0.25) is 0 Å². The van der Waals surface area contributed by atoms with E-state index < -0.39 is 0 Å². The minimum Gasteiger partial charge on any atom is -0.309 e. The molecular weight excluding hydrogens is 122 g/mol. The molecule has 1 N–H and O–H groups in total. The van der Waals surface area contributed by atoms with Gasteiger partial charge in [0, 0.05) is 11.6 Å². The van der Waals surface area contributed by atoms with Crippen molar-refractivity contribution in [2.75, 3.05) is 0 Å². The molecule has 1 radical (unpaired) electrons. The van der Waals surface area contributed by atoms with Crippen LogP contribution in [0.15, 0.2) is 0 Å². The molecule has 0 aromatic carbocycles. The van der Waals surface area contributed by atoms with Crippen LogP contribution in [0.5, 0.6) is 0 Å². The summed E-state index contributed by atoms with van der Waals surface area (Å²) in [6.45, 7) is 9.03. The lowest BCUT2D eigenvalue weighted by molar-refractivity contribution is 0.248. The highest BCUT2D eigenvalue weighted by atomic mass is 15.0. The van der Waals surface area contributed by atoms with E-state index in [1.165, 1.54) is 6.42 Å². The molecule has 0 amide bonds. The van der Waals surface area contributed by atoms with Crippen molar-refractivity contribution < 1.29 is 0 Å². The van der Waals surface area contributed by atoms with Crippen molar-refractivity contribution in [2.24, 2.45) is 5.92 Å². The molecule has 1 aliphatic heterocycles. The van der Waals surface area contributed by atoms with Gasteiger partial charge >= 0.3 is 0 Å². The van der Waals surface area contributed by atoms with Gasteiger partial charge in [-0.05, 0) is 39.5 Å². The van der Waals surface area contributed by atoms with Crippen molar-refractivity contribution in [3.05, 3.63) is 6.42 Å². The van der Waals surface area contributed by atoms with Crippen molar-refractivity contribution in [2.45, 2.75) is 45.7 Å². The zero-order chi connectivity index (χ0) is 7.78. The van der Waals surface area contributed by atoms with Crippen LogP contribution >= 0.6 is 0 Å². The molecule has 1 fully saturated rings. The van der Waals surface area contributed by atoms with Crippen LogP contribution in [0.2, 0.25) is 0 Å². The largest absolute Gasteiger partial charge is 0.309 e. The van der Waals surface area contributed by atoms with Gasteiger partial charge in [-0.2, -0.15) is 0 Å². The fourth-order valence-corrected chi connectivity index (χ4v) is 1.49. The van der Waals surface area contributed by atoms with Crippen LogP contribution in [0.25, 0.3) is 0 Å². The van der Waals surface area contributed by atoms with Gasteiger partial charge in [-0.15, -0.1) is 0 Å². The summed E-state index contributed by atoms with van der Waals surface area (Å²) in [4.78, 5) is 0. The third-order valence-electron chi connectivity index (χ3n) is 2.41. The average Bonchev–Trinajstić information content (AvgIpc) is 1.79. The van der Waals surface area contributed by atoms with Gasteiger partial charge in [0.1, 0.15) is 0 Å². The second-order valence-corrected chi connectivity index (χ2v) is 4.12. The molecule has 1 aliphatic rings. The summed E-state index contributed by atoms with van der Waals surface area (Å²) in [6.07, 6.45) is 3.61. The summed E-state index contributed by atoms with van der Waals surface area (Å²) in [6, 6.07) is 0.642. The van der Waals surface area contributed by atoms with Gasteiger partial charge in [-0.25, -0.2) is 0 Å². The van der Waals surface area contributed by atoms with Gasteiger partial charge in [-0.3, -0.25) is 0 Å². The smallest absolute Gasteiger partial charge is 0.0130 e. The van der Waals surface area contributed by atoms with Crippen molar-refractivity contribution >= 4 is 0 Å². The van der Waals surface area contributed by atoms with Gasteiger partial charge < -0.3 is 5.32 Å². The van der Waals surface area contributed by atoms with Crippen LogP contribution in [-0.2, 0) is 0 Å². The number of piperidine rings is 1. The molecule has 0 aromatic heterocycles. The van der Waals surface area contributed by atoms with Crippen LogP contribution in [0.3, 0.4) is 0 Å². The Bertz CT molecular complexity index is 118. The summed E-state index contributed by atoms with van der Waals surface area (Å²) in [5, 5.41) is 3.57. The standard InChI is InChI=1S/C9H18N/c1-7-5-6-9(3,4)10-8(7)2/h5,7-8,10H,6H2,1-4H3. The Morgan fingerprint density at radius 2 is 2.00 bits per heavy atom. The Kier molecular flexibility index (Phi) is 2.04. The lowest BCUT2D eigenvalue weighted by Gasteiger charge is -2.39. The van der Waals surface area contributed by atoms with Gasteiger partial charge in [-0.1, -0.05) is 6.92 Å². The topological polar surface area (TPSA) is 12.0 Å². The molecule has 0 aliphatic carbocycles. The molecule has 1 nitrogen and oxygen atoms in total. The van der Waals surface area contributed by atoms with E-state index in [0.717, 1.165) is 5.92 Å². The highest BCUT2D eigenvalue weighted by Crippen LogP contribution is 2.24. The molecule has 0 saturated carbocycles. The molecule has 0 spiro atoms. The normalized spacial score (nSPS) is 39.6. The van der Waals surface area contributed by atoms with Crippen molar-refractivity contribution in [1.29, 1.82) is 0 Å². The second-order valence-electron chi connectivity index (χ2n) is 4.12. The van der Waals surface area contributed by atoms with E-state index in [9.17, 15) is 0 Å². The van der Waals surface area contributed by atoms with Crippen LogP contribution in [0, 0.1) is 12.3 Å². The van der Waals surface area contributed by atoms with Gasteiger partial charge in [0.25, 0.3) is 0 Å². The molecule has 10 heavy (non-hydrogen) atoms. The number of hydrogen-bond donors (Lipinski definition) is 1. The van der Waals surface area contributed by atoms with Gasteiger partial charge in [0.15, 0.2) is 0 Å². The molecule has 1 rings (SSSR count). The molecule has 2 unspecified atom stereocenters. The Balaban J connectivity index is 2.49. The highest BCUT2D eigenvalue weighted by molar-refractivity contribution is 4.97. The maximum absolute atomic E-state index is 3.57. The first-order valence-corrected chi connectivity index (χ1v) is 4.12. The second kappa shape index (κ2) is 2.54. The molecule has 0 aromatic rings. The van der Waals surface area contributed by atoms with E-state index in [-0.39, 0.29) is 0 Å². The third-order valence-corrected chi connectivity index (χ3v) is 2.41. The summed E-state index contributed by atoms with van der Waals surface area (Å²) in [5.74, 6) is 0.730. The maximum Gasteiger partial charge on any atom is 0.0130 e. The number of rotatable bonds is 0. The molecule has 1 saturated heterocycles. The first kappa shape index (κ1) is 8.06. The summed E-state index contributed by atoms with van der Waals surface area (Å²) >= 11 is 0. The first-order chi connectivity index (χ1) is 4.51. The van der Waals surface area contributed by atoms with Crippen LogP contribution in [-0.4, -0.2) is 11.6 Å². The van der Waals surface area contributed by atoms with Crippen molar-refractivity contribution in [3.63, 3.8) is 0 Å². The zero-order valence-corrected chi connectivity index (χ0v) is 7.44. The quantitative estimate of drug-likeness (QED) is 0.542. The van der Waals surface area contributed by atoms with E-state index in [0.29, 0.717) is 11.6 Å². The van der Waals surface area contributed by atoms with E-state index in [1.54, 1.807) is 0 Å². The van der Waals surface area contributed by atoms with Crippen LogP contribution in [0.4, 0.5) is 0 Å². The van der Waals surface area contributed by atoms with Crippen molar-refractivity contribution in [1.82, 2.24) is 5.32 Å². The van der Waals surface area contributed by atoms with Crippen molar-refractivity contribution in [3.8, 4) is 0 Å². The Morgan fingerprint density at radius 3 is 2.40 bits per heavy atom. The molecular formula is C9H18N. The van der Waals surface area contributed by atoms with E-state index in [2.05, 4.69) is 39.4 Å². The zero-order valence-electron chi connectivity index (χ0n) is 7.44. The lowest BCUT2D eigenvalue weighted by atomic mass is 9.83. The number of hydrogen-bond acceptors (Lipinski definition) is 1. The maximum atomic E-state index is 3.57. The third kappa shape index (κ3) is 1.72. The molecule has 2 atom stereocenters. The minimum absolute atomic E-state index is 0.325. The molecule has 1 heterocycles. The monoisotopic (exact) mass is 140 g/mol. The Hall–Kier alpha value is -0.0400. The van der Waals surface area contributed by atoms with Crippen LogP contribution in [0.1, 0.15) is 34.1 Å². The highest BCUT2D eigenvalue weighted by Gasteiger charge is 2.28. The van der Waals surface area contributed by atoms with Gasteiger partial charge in [0.05, 0.1) is 0 Å². The first-order valence-electron chi connectivity index (χ1n) is 4.12. The predicted molar refractivity (Wildman–Crippen MR) is 44.8 cm³/mol. The van der Waals surface area contributed by atoms with E-state index in [4.69, 9.17) is 0 Å². The fraction of sp³-hybridized carbons (Fsp3) is 0.889. The number of nitrogens with one attached hydrogen (secondary N) is 1. The SMILES string of the molecule is CC1[CH]CC(C)(C)NC1C. The molecule has 0 bridgehead atoms. The van der Waals surface area contributed by atoms with Crippen LogP contribution < -0.4 is 5.32 Å². The minimum atomic E-state index is 0.325. The van der Waals surface area contributed by atoms with E-state index in [1.807, 2.05) is 0 Å². The predicted octanol–water partition coefficient (Wildman–Crippen LogP) is 1.99. The Labute approximate surface area is 64.2 Å². The average molecular weight is 140 g/mol. The lowest BCUT2D eigenvalue weighted by Crippen LogP contribution is -2.51. The summed E-state index contributed by atoms with van der Waals surface area (Å²) in [5.41, 5.74) is 0.325. The summed E-state index contributed by atoms with van der Waals surface area (Å²) in [7, 11) is 0. The summed E-state index contributed by atoms with van der Waals surface area (Å²) < 4.78 is 0. The van der Waals surface area contributed by atoms with E-state index >= 15 is 0 Å². The Morgan fingerprint density at radius 1 is 1.40 bits per heavy atom. The molecule has 1 heteroatoms.